The number of nitrogens with one attached hydrogen (secondary N) is 2. The lowest BCUT2D eigenvalue weighted by Crippen LogP contribution is -2.31. The number of carbonyl (C=O) groups is 1. The van der Waals surface area contributed by atoms with E-state index >= 15 is 0 Å². The second-order valence-corrected chi connectivity index (χ2v) is 8.33. The van der Waals surface area contributed by atoms with Crippen LogP contribution in [0.3, 0.4) is 0 Å². The third kappa shape index (κ3) is 4.23. The van der Waals surface area contributed by atoms with Gasteiger partial charge in [0.1, 0.15) is 17.2 Å². The van der Waals surface area contributed by atoms with Crippen molar-refractivity contribution in [2.24, 2.45) is 5.92 Å². The standard InChI is InChI=1S/C23H23FN6O2/c1-13-10-26-20(12-25-13)23-30-29-22(32-23)15-4-2-14(3-5-15)11-27-21(31)19-9-16-8-17(24)6-7-18(16)28-19/h6-10,12,14-15,28H,2-5,11H2,1H3,(H,27,31). The molecule has 32 heavy (non-hydrogen) atoms. The van der Waals surface area contributed by atoms with Gasteiger partial charge in [0, 0.05) is 29.6 Å². The Bertz CT molecular complexity index is 1240. The predicted molar refractivity (Wildman–Crippen MR) is 115 cm³/mol. The zero-order valence-electron chi connectivity index (χ0n) is 17.6. The summed E-state index contributed by atoms with van der Waals surface area (Å²) in [7, 11) is 0. The summed E-state index contributed by atoms with van der Waals surface area (Å²) < 4.78 is 19.2. The molecule has 0 radical (unpaired) electrons. The number of halogens is 1. The van der Waals surface area contributed by atoms with Crippen molar-refractivity contribution in [1.82, 2.24) is 30.5 Å². The summed E-state index contributed by atoms with van der Waals surface area (Å²) >= 11 is 0. The van der Waals surface area contributed by atoms with E-state index in [1.54, 1.807) is 24.5 Å². The van der Waals surface area contributed by atoms with Gasteiger partial charge in [-0.05, 0) is 62.8 Å². The van der Waals surface area contributed by atoms with Gasteiger partial charge in [-0.1, -0.05) is 0 Å². The molecule has 5 rings (SSSR count). The molecule has 0 unspecified atom stereocenters. The fourth-order valence-corrected chi connectivity index (χ4v) is 4.18. The molecule has 1 amide bonds. The average molecular weight is 434 g/mol. The van der Waals surface area contributed by atoms with E-state index in [1.165, 1.54) is 12.1 Å². The Morgan fingerprint density at radius 3 is 2.78 bits per heavy atom. The summed E-state index contributed by atoms with van der Waals surface area (Å²) in [5.74, 6) is 1.13. The molecule has 0 spiro atoms. The molecule has 0 bridgehead atoms. The number of amides is 1. The van der Waals surface area contributed by atoms with Crippen LogP contribution < -0.4 is 5.32 Å². The predicted octanol–water partition coefficient (Wildman–Crippen LogP) is 4.16. The first-order valence-corrected chi connectivity index (χ1v) is 10.7. The largest absolute Gasteiger partial charge is 0.419 e. The zero-order chi connectivity index (χ0) is 22.1. The molecule has 0 atom stereocenters. The van der Waals surface area contributed by atoms with Gasteiger partial charge in [0.15, 0.2) is 0 Å². The van der Waals surface area contributed by atoms with Gasteiger partial charge in [-0.3, -0.25) is 9.78 Å². The van der Waals surface area contributed by atoms with Gasteiger partial charge in [0.05, 0.1) is 11.9 Å². The minimum Gasteiger partial charge on any atom is -0.419 e. The third-order valence-electron chi connectivity index (χ3n) is 6.02. The van der Waals surface area contributed by atoms with E-state index in [1.807, 2.05) is 6.92 Å². The average Bonchev–Trinajstić information content (AvgIpc) is 3.46. The molecule has 3 aromatic heterocycles. The molecule has 1 aliphatic carbocycles. The number of hydrogen-bond acceptors (Lipinski definition) is 6. The highest BCUT2D eigenvalue weighted by atomic mass is 19.1. The number of carbonyl (C=O) groups excluding carboxylic acids is 1. The molecule has 8 nitrogen and oxygen atoms in total. The van der Waals surface area contributed by atoms with Gasteiger partial charge < -0.3 is 14.7 Å². The fourth-order valence-electron chi connectivity index (χ4n) is 4.18. The number of aromatic amines is 1. The van der Waals surface area contributed by atoms with Crippen LogP contribution in [0, 0.1) is 18.7 Å². The van der Waals surface area contributed by atoms with Crippen molar-refractivity contribution in [3.05, 3.63) is 59.8 Å². The Morgan fingerprint density at radius 2 is 2.00 bits per heavy atom. The van der Waals surface area contributed by atoms with Gasteiger partial charge in [-0.15, -0.1) is 10.2 Å². The first-order chi connectivity index (χ1) is 15.5. The number of fused-ring (bicyclic) bond motifs is 1. The van der Waals surface area contributed by atoms with Crippen LogP contribution in [-0.4, -0.2) is 37.6 Å². The Labute approximate surface area is 183 Å². The molecule has 4 aromatic rings. The van der Waals surface area contributed by atoms with Crippen molar-refractivity contribution in [3.63, 3.8) is 0 Å². The monoisotopic (exact) mass is 434 g/mol. The van der Waals surface area contributed by atoms with E-state index in [-0.39, 0.29) is 17.6 Å². The SMILES string of the molecule is Cc1cnc(-c2nnc(C3CCC(CNC(=O)c4cc5cc(F)ccc5[nH]4)CC3)o2)cn1. The molecule has 1 aliphatic rings. The van der Waals surface area contributed by atoms with Crippen LogP contribution >= 0.6 is 0 Å². The molecule has 164 valence electrons. The Balaban J connectivity index is 1.14. The highest BCUT2D eigenvalue weighted by Crippen LogP contribution is 2.35. The van der Waals surface area contributed by atoms with E-state index in [4.69, 9.17) is 4.42 Å². The topological polar surface area (TPSA) is 110 Å². The number of H-pyrrole nitrogens is 1. The number of aryl methyl sites for hydroxylation is 1. The van der Waals surface area contributed by atoms with Gasteiger partial charge in [0.25, 0.3) is 11.8 Å². The fraction of sp³-hybridized carbons (Fsp3) is 0.348. The van der Waals surface area contributed by atoms with E-state index in [2.05, 4.69) is 30.5 Å². The maximum atomic E-state index is 13.4. The Morgan fingerprint density at radius 1 is 1.16 bits per heavy atom. The third-order valence-corrected chi connectivity index (χ3v) is 6.02. The molecular weight excluding hydrogens is 411 g/mol. The molecule has 1 fully saturated rings. The van der Waals surface area contributed by atoms with Crippen LogP contribution in [0.5, 0.6) is 0 Å². The second-order valence-electron chi connectivity index (χ2n) is 8.33. The molecule has 2 N–H and O–H groups in total. The normalized spacial score (nSPS) is 18.7. The number of aromatic nitrogens is 5. The summed E-state index contributed by atoms with van der Waals surface area (Å²) in [6, 6.07) is 6.10. The summed E-state index contributed by atoms with van der Waals surface area (Å²) in [6.07, 6.45) is 7.08. The van der Waals surface area contributed by atoms with E-state index < -0.39 is 0 Å². The van der Waals surface area contributed by atoms with Crippen molar-refractivity contribution in [2.45, 2.75) is 38.5 Å². The molecule has 1 saturated carbocycles. The number of nitrogens with zero attached hydrogens (tertiary/aromatic N) is 4. The van der Waals surface area contributed by atoms with Crippen LogP contribution in [0.15, 0.2) is 41.1 Å². The molecule has 1 aromatic carbocycles. The first kappa shape index (κ1) is 20.3. The Kier molecular flexibility index (Phi) is 5.38. The molecular formula is C23H23FN6O2. The molecule has 0 saturated heterocycles. The second kappa shape index (κ2) is 8.49. The zero-order valence-corrected chi connectivity index (χ0v) is 17.6. The van der Waals surface area contributed by atoms with Crippen LogP contribution in [0.2, 0.25) is 0 Å². The van der Waals surface area contributed by atoms with Gasteiger partial charge in [0.2, 0.25) is 5.89 Å². The number of hydrogen-bond donors (Lipinski definition) is 2. The van der Waals surface area contributed by atoms with E-state index in [0.717, 1.165) is 36.9 Å². The Hall–Kier alpha value is -3.62. The number of benzene rings is 1. The minimum atomic E-state index is -0.319. The lowest BCUT2D eigenvalue weighted by molar-refractivity contribution is 0.0938. The van der Waals surface area contributed by atoms with Crippen molar-refractivity contribution in [2.75, 3.05) is 6.54 Å². The lowest BCUT2D eigenvalue weighted by atomic mass is 9.82. The highest BCUT2D eigenvalue weighted by Gasteiger charge is 2.27. The molecule has 3 heterocycles. The molecule has 0 aliphatic heterocycles. The number of rotatable bonds is 5. The lowest BCUT2D eigenvalue weighted by Gasteiger charge is -2.26. The maximum absolute atomic E-state index is 13.4. The van der Waals surface area contributed by atoms with Gasteiger partial charge in [-0.2, -0.15) is 0 Å². The summed E-state index contributed by atoms with van der Waals surface area (Å²) in [4.78, 5) is 24.0. The van der Waals surface area contributed by atoms with Crippen molar-refractivity contribution >= 4 is 16.8 Å². The van der Waals surface area contributed by atoms with Crippen molar-refractivity contribution in [1.29, 1.82) is 0 Å². The molecule has 9 heteroatoms. The van der Waals surface area contributed by atoms with Crippen molar-refractivity contribution < 1.29 is 13.6 Å². The highest BCUT2D eigenvalue weighted by molar-refractivity contribution is 5.98. The summed E-state index contributed by atoms with van der Waals surface area (Å²) in [6.45, 7) is 2.47. The summed E-state index contributed by atoms with van der Waals surface area (Å²) in [5.41, 5.74) is 2.59. The van der Waals surface area contributed by atoms with Crippen LogP contribution in [-0.2, 0) is 0 Å². The van der Waals surface area contributed by atoms with Crippen LogP contribution in [0.1, 0.15) is 53.7 Å². The van der Waals surface area contributed by atoms with Crippen LogP contribution in [0.4, 0.5) is 4.39 Å². The quantitative estimate of drug-likeness (QED) is 0.488. The smallest absolute Gasteiger partial charge is 0.267 e. The van der Waals surface area contributed by atoms with Gasteiger partial charge in [-0.25, -0.2) is 9.37 Å². The minimum absolute atomic E-state index is 0.176. The van der Waals surface area contributed by atoms with E-state index in [9.17, 15) is 9.18 Å². The van der Waals surface area contributed by atoms with Crippen molar-refractivity contribution in [3.8, 4) is 11.6 Å². The summed E-state index contributed by atoms with van der Waals surface area (Å²) in [5, 5.41) is 12.0. The maximum Gasteiger partial charge on any atom is 0.267 e. The van der Waals surface area contributed by atoms with E-state index in [0.29, 0.717) is 41.0 Å². The first-order valence-electron chi connectivity index (χ1n) is 10.7. The van der Waals surface area contributed by atoms with Gasteiger partial charge >= 0.3 is 0 Å². The van der Waals surface area contributed by atoms with Crippen LogP contribution in [0.25, 0.3) is 22.5 Å².